The summed E-state index contributed by atoms with van der Waals surface area (Å²) in [5, 5.41) is 7.41. The Balaban J connectivity index is 2.67. The van der Waals surface area contributed by atoms with E-state index in [1.165, 1.54) is 12.1 Å². The average molecular weight is 239 g/mol. The first-order chi connectivity index (χ1) is 7.63. The van der Waals surface area contributed by atoms with Crippen molar-refractivity contribution in [3.8, 4) is 0 Å². The molecule has 1 aromatic rings. The van der Waals surface area contributed by atoms with E-state index in [0.717, 1.165) is 12.1 Å². The van der Waals surface area contributed by atoms with Crippen LogP contribution < -0.4 is 10.7 Å². The van der Waals surface area contributed by atoms with Gasteiger partial charge in [-0.1, -0.05) is 12.1 Å². The highest BCUT2D eigenvalue weighted by Gasteiger charge is 1.99. The van der Waals surface area contributed by atoms with E-state index in [4.69, 9.17) is 12.2 Å². The number of hydrogen-bond acceptors (Lipinski definition) is 2. The number of nitrogens with one attached hydrogen (secondary N) is 2. The van der Waals surface area contributed by atoms with Crippen LogP contribution in [0.4, 0.5) is 4.39 Å². The molecule has 0 unspecified atom stereocenters. The number of hydrogen-bond donors (Lipinski definition) is 2. The lowest BCUT2D eigenvalue weighted by molar-refractivity contribution is 0.627. The van der Waals surface area contributed by atoms with Gasteiger partial charge in [0.05, 0.1) is 5.71 Å². The van der Waals surface area contributed by atoms with E-state index in [-0.39, 0.29) is 5.82 Å². The van der Waals surface area contributed by atoms with E-state index in [0.29, 0.717) is 10.8 Å². The smallest absolute Gasteiger partial charge is 0.186 e. The van der Waals surface area contributed by atoms with Crippen LogP contribution in [0.25, 0.3) is 0 Å². The Morgan fingerprint density at radius 2 is 2.25 bits per heavy atom. The maximum atomic E-state index is 12.9. The number of rotatable bonds is 3. The maximum absolute atomic E-state index is 12.9. The number of hydrazone groups is 1. The van der Waals surface area contributed by atoms with Crippen molar-refractivity contribution in [1.29, 1.82) is 0 Å². The summed E-state index contributed by atoms with van der Waals surface area (Å²) in [7, 11) is 0. The molecule has 0 fully saturated rings. The zero-order valence-corrected chi connectivity index (χ0v) is 10.1. The number of benzene rings is 1. The van der Waals surface area contributed by atoms with Crippen molar-refractivity contribution in [3.63, 3.8) is 0 Å². The molecule has 0 saturated heterocycles. The van der Waals surface area contributed by atoms with Gasteiger partial charge in [-0.15, -0.1) is 0 Å². The van der Waals surface area contributed by atoms with Crippen LogP contribution in [0.15, 0.2) is 29.4 Å². The Labute approximate surface area is 99.7 Å². The molecule has 0 radical (unpaired) electrons. The van der Waals surface area contributed by atoms with Crippen LogP contribution in [0.1, 0.15) is 19.4 Å². The van der Waals surface area contributed by atoms with Gasteiger partial charge in [0.15, 0.2) is 5.11 Å². The molecule has 0 aliphatic heterocycles. The highest BCUT2D eigenvalue weighted by atomic mass is 32.1. The SMILES string of the molecule is CCNC(=S)N/N=C(\C)c1cccc(F)c1. The number of thiocarbonyl (C=S) groups is 1. The fraction of sp³-hybridized carbons (Fsp3) is 0.273. The van der Waals surface area contributed by atoms with E-state index >= 15 is 0 Å². The molecular weight excluding hydrogens is 225 g/mol. The van der Waals surface area contributed by atoms with Crippen molar-refractivity contribution >= 4 is 23.0 Å². The molecule has 0 saturated carbocycles. The molecule has 0 atom stereocenters. The summed E-state index contributed by atoms with van der Waals surface area (Å²) >= 11 is 4.94. The van der Waals surface area contributed by atoms with Gasteiger partial charge in [0, 0.05) is 12.1 Å². The molecule has 2 N–H and O–H groups in total. The molecule has 0 spiro atoms. The summed E-state index contributed by atoms with van der Waals surface area (Å²) in [6.45, 7) is 4.47. The number of nitrogens with zero attached hydrogens (tertiary/aromatic N) is 1. The lowest BCUT2D eigenvalue weighted by Gasteiger charge is -2.05. The van der Waals surface area contributed by atoms with E-state index in [9.17, 15) is 4.39 Å². The molecule has 0 heterocycles. The lowest BCUT2D eigenvalue weighted by atomic mass is 10.1. The van der Waals surface area contributed by atoms with Crippen LogP contribution in [-0.4, -0.2) is 17.4 Å². The molecule has 0 aliphatic carbocycles. The third-order valence-corrected chi connectivity index (χ3v) is 2.14. The van der Waals surface area contributed by atoms with Crippen molar-refractivity contribution < 1.29 is 4.39 Å². The summed E-state index contributed by atoms with van der Waals surface area (Å²) in [5.74, 6) is -0.277. The van der Waals surface area contributed by atoms with Gasteiger partial charge in [0.1, 0.15) is 5.82 Å². The van der Waals surface area contributed by atoms with Gasteiger partial charge in [-0.3, -0.25) is 5.43 Å². The molecule has 1 rings (SSSR count). The summed E-state index contributed by atoms with van der Waals surface area (Å²) < 4.78 is 12.9. The van der Waals surface area contributed by atoms with Gasteiger partial charge in [-0.05, 0) is 38.2 Å². The molecule has 0 aromatic heterocycles. The fourth-order valence-electron chi connectivity index (χ4n) is 1.11. The monoisotopic (exact) mass is 239 g/mol. The lowest BCUT2D eigenvalue weighted by Crippen LogP contribution is -2.32. The average Bonchev–Trinajstić information content (AvgIpc) is 2.26. The van der Waals surface area contributed by atoms with Crippen LogP contribution in [-0.2, 0) is 0 Å². The van der Waals surface area contributed by atoms with Crippen molar-refractivity contribution in [1.82, 2.24) is 10.7 Å². The van der Waals surface area contributed by atoms with Crippen molar-refractivity contribution in [2.75, 3.05) is 6.54 Å². The molecule has 3 nitrogen and oxygen atoms in total. The third-order valence-electron chi connectivity index (χ3n) is 1.90. The predicted octanol–water partition coefficient (Wildman–Crippen LogP) is 2.03. The Morgan fingerprint density at radius 3 is 2.88 bits per heavy atom. The summed E-state index contributed by atoms with van der Waals surface area (Å²) in [4.78, 5) is 0. The predicted molar refractivity (Wildman–Crippen MR) is 68.0 cm³/mol. The van der Waals surface area contributed by atoms with Crippen molar-refractivity contribution in [3.05, 3.63) is 35.6 Å². The van der Waals surface area contributed by atoms with Gasteiger partial charge in [0.2, 0.25) is 0 Å². The second-order valence-electron chi connectivity index (χ2n) is 3.18. The van der Waals surface area contributed by atoms with Crippen molar-refractivity contribution in [2.45, 2.75) is 13.8 Å². The minimum atomic E-state index is -0.277. The molecule has 86 valence electrons. The van der Waals surface area contributed by atoms with Gasteiger partial charge in [0.25, 0.3) is 0 Å². The summed E-state index contributed by atoms with van der Waals surface area (Å²) in [5.41, 5.74) is 4.10. The van der Waals surface area contributed by atoms with Gasteiger partial charge < -0.3 is 5.32 Å². The first-order valence-electron chi connectivity index (χ1n) is 4.97. The minimum Gasteiger partial charge on any atom is -0.362 e. The zero-order chi connectivity index (χ0) is 12.0. The van der Waals surface area contributed by atoms with Crippen LogP contribution in [0.5, 0.6) is 0 Å². The molecule has 0 amide bonds. The zero-order valence-electron chi connectivity index (χ0n) is 9.25. The van der Waals surface area contributed by atoms with Crippen LogP contribution in [0.3, 0.4) is 0 Å². The quantitative estimate of drug-likeness (QED) is 0.481. The maximum Gasteiger partial charge on any atom is 0.186 e. The molecule has 5 heteroatoms. The second kappa shape index (κ2) is 6.17. The highest BCUT2D eigenvalue weighted by Crippen LogP contribution is 2.04. The Bertz CT molecular complexity index is 404. The first-order valence-corrected chi connectivity index (χ1v) is 5.38. The van der Waals surface area contributed by atoms with Crippen molar-refractivity contribution in [2.24, 2.45) is 5.10 Å². The Hall–Kier alpha value is -1.49. The van der Waals surface area contributed by atoms with E-state index in [1.807, 2.05) is 6.92 Å². The standard InChI is InChI=1S/C11H14FN3S/c1-3-13-11(16)15-14-8(2)9-5-4-6-10(12)7-9/h4-7H,3H2,1-2H3,(H2,13,15,16)/b14-8+. The first kappa shape index (κ1) is 12.6. The molecular formula is C11H14FN3S. The van der Waals surface area contributed by atoms with Gasteiger partial charge in [-0.25, -0.2) is 4.39 Å². The van der Waals surface area contributed by atoms with Gasteiger partial charge >= 0.3 is 0 Å². The molecule has 0 aliphatic rings. The minimum absolute atomic E-state index is 0.277. The third kappa shape index (κ3) is 3.94. The molecule has 1 aromatic carbocycles. The fourth-order valence-corrected chi connectivity index (χ4v) is 1.30. The summed E-state index contributed by atoms with van der Waals surface area (Å²) in [6.07, 6.45) is 0. The topological polar surface area (TPSA) is 36.4 Å². The normalized spacial score (nSPS) is 11.1. The summed E-state index contributed by atoms with van der Waals surface area (Å²) in [6, 6.07) is 6.26. The Morgan fingerprint density at radius 1 is 1.50 bits per heavy atom. The largest absolute Gasteiger partial charge is 0.362 e. The molecule has 16 heavy (non-hydrogen) atoms. The van der Waals surface area contributed by atoms with E-state index in [1.54, 1.807) is 19.1 Å². The second-order valence-corrected chi connectivity index (χ2v) is 3.59. The number of halogens is 1. The van der Waals surface area contributed by atoms with Crippen LogP contribution in [0.2, 0.25) is 0 Å². The van der Waals surface area contributed by atoms with E-state index < -0.39 is 0 Å². The Kier molecular flexibility index (Phi) is 4.85. The van der Waals surface area contributed by atoms with Crippen LogP contribution in [0, 0.1) is 5.82 Å². The highest BCUT2D eigenvalue weighted by molar-refractivity contribution is 7.80. The molecule has 0 bridgehead atoms. The van der Waals surface area contributed by atoms with Gasteiger partial charge in [-0.2, -0.15) is 5.10 Å². The van der Waals surface area contributed by atoms with E-state index in [2.05, 4.69) is 15.8 Å². The van der Waals surface area contributed by atoms with Crippen LogP contribution >= 0.6 is 12.2 Å².